The zero-order valence-corrected chi connectivity index (χ0v) is 23.5. The Hall–Kier alpha value is -1.19. The summed E-state index contributed by atoms with van der Waals surface area (Å²) in [5.41, 5.74) is -4.46. The van der Waals surface area contributed by atoms with Crippen molar-refractivity contribution >= 4 is 5.97 Å². The summed E-state index contributed by atoms with van der Waals surface area (Å²) in [5.74, 6) is -1.93. The summed E-state index contributed by atoms with van der Waals surface area (Å²) in [6, 6.07) is 0. The molecule has 1 saturated heterocycles. The second-order valence-corrected chi connectivity index (χ2v) is 13.8. The Balaban J connectivity index is 1.28. The fraction of sp³-hybridized carbons (Fsp3) is 0.897. The molecule has 6 rings (SSSR count). The van der Waals surface area contributed by atoms with Crippen molar-refractivity contribution < 1.29 is 59.9 Å². The molecule has 12 heteroatoms. The maximum atomic E-state index is 12.4. The van der Waals surface area contributed by atoms with Gasteiger partial charge in [-0.1, -0.05) is 6.92 Å². The van der Waals surface area contributed by atoms with Gasteiger partial charge in [-0.3, -0.25) is 0 Å². The summed E-state index contributed by atoms with van der Waals surface area (Å²) >= 11 is 0. The number of carbonyl (C=O) groups is 1. The van der Waals surface area contributed by atoms with Gasteiger partial charge in [0.05, 0.1) is 47.6 Å². The zero-order valence-electron chi connectivity index (χ0n) is 23.5. The average molecular weight is 585 g/mol. The van der Waals surface area contributed by atoms with Gasteiger partial charge in [-0.2, -0.15) is 0 Å². The van der Waals surface area contributed by atoms with Crippen LogP contribution in [0.15, 0.2) is 11.6 Å². The fourth-order valence-corrected chi connectivity index (χ4v) is 10.1. The molecule has 0 bridgehead atoms. The number of fused-ring (bicyclic) bond motifs is 5. The molecule has 4 saturated carbocycles. The smallest absolute Gasteiger partial charge is 0.331 e. The van der Waals surface area contributed by atoms with E-state index in [9.17, 15) is 45.6 Å². The molecule has 5 fully saturated rings. The van der Waals surface area contributed by atoms with Gasteiger partial charge in [-0.25, -0.2) is 4.79 Å². The van der Waals surface area contributed by atoms with Crippen molar-refractivity contribution in [3.63, 3.8) is 0 Å². The highest BCUT2D eigenvalue weighted by Crippen LogP contribution is 2.70. The maximum absolute atomic E-state index is 12.4. The Morgan fingerprint density at radius 2 is 1.76 bits per heavy atom. The summed E-state index contributed by atoms with van der Waals surface area (Å²) in [4.78, 5) is 11.8. The van der Waals surface area contributed by atoms with Crippen LogP contribution in [-0.4, -0.2) is 120 Å². The minimum atomic E-state index is -1.67. The molecule has 6 aliphatic rings. The minimum Gasteiger partial charge on any atom is -0.458 e. The van der Waals surface area contributed by atoms with E-state index in [0.29, 0.717) is 19.3 Å². The van der Waals surface area contributed by atoms with E-state index in [1.807, 2.05) is 6.92 Å². The van der Waals surface area contributed by atoms with E-state index in [0.717, 1.165) is 5.57 Å². The Morgan fingerprint density at radius 1 is 1.02 bits per heavy atom. The van der Waals surface area contributed by atoms with Gasteiger partial charge in [-0.15, -0.1) is 0 Å². The van der Waals surface area contributed by atoms with Crippen LogP contribution < -0.4 is 0 Å². The normalized spacial score (nSPS) is 56.9. The van der Waals surface area contributed by atoms with E-state index < -0.39 is 95.5 Å². The van der Waals surface area contributed by atoms with Crippen LogP contribution in [0.3, 0.4) is 0 Å². The van der Waals surface area contributed by atoms with Crippen molar-refractivity contribution in [1.29, 1.82) is 0 Å². The molecule has 0 aromatic carbocycles. The lowest BCUT2D eigenvalue weighted by Crippen LogP contribution is -2.76. The predicted octanol–water partition coefficient (Wildman–Crippen LogP) is -1.51. The van der Waals surface area contributed by atoms with Gasteiger partial charge in [0.25, 0.3) is 0 Å². The lowest BCUT2D eigenvalue weighted by Gasteiger charge is -2.68. The molecule has 12 nitrogen and oxygen atoms in total. The molecule has 0 aromatic rings. The Labute approximate surface area is 238 Å². The summed E-state index contributed by atoms with van der Waals surface area (Å²) in [6.07, 6.45) is -6.68. The van der Waals surface area contributed by atoms with Crippen LogP contribution in [0.1, 0.15) is 58.8 Å². The monoisotopic (exact) mass is 584 g/mol. The van der Waals surface area contributed by atoms with Gasteiger partial charge in [0.2, 0.25) is 0 Å². The van der Waals surface area contributed by atoms with Gasteiger partial charge in [-0.05, 0) is 56.4 Å². The first kappa shape index (κ1) is 29.9. The molecule has 0 spiro atoms. The third-order valence-corrected chi connectivity index (χ3v) is 12.2. The quantitative estimate of drug-likeness (QED) is 0.140. The highest BCUT2D eigenvalue weighted by Gasteiger charge is 2.75. The van der Waals surface area contributed by atoms with Crippen LogP contribution in [0.25, 0.3) is 0 Å². The van der Waals surface area contributed by atoms with E-state index in [1.54, 1.807) is 0 Å². The van der Waals surface area contributed by atoms with Crippen LogP contribution in [0.5, 0.6) is 0 Å². The van der Waals surface area contributed by atoms with Gasteiger partial charge < -0.3 is 55.1 Å². The van der Waals surface area contributed by atoms with Gasteiger partial charge in [0, 0.05) is 30.3 Å². The first-order valence-electron chi connectivity index (χ1n) is 14.9. The molecular weight excluding hydrogens is 540 g/mol. The SMILES string of the molecule is C[C@@H]1O[C@@H](O[C@H]2C[C@@H](O)[C@]3(CO)[C@@H]4[C@H](O)C[C@]5(C)[C@@H](C6=CC(=O)OC6)CC[C@]5(O)[C@H]4CC[C@]3(O)C2)[C@H](O)[C@H](O)[C@@H]1O. The van der Waals surface area contributed by atoms with E-state index in [-0.39, 0.29) is 38.2 Å². The third kappa shape index (κ3) is 3.99. The minimum absolute atomic E-state index is 0.0369. The average Bonchev–Trinajstić information content (AvgIpc) is 3.45. The Morgan fingerprint density at radius 3 is 2.41 bits per heavy atom. The second-order valence-electron chi connectivity index (χ2n) is 13.8. The molecule has 41 heavy (non-hydrogen) atoms. The van der Waals surface area contributed by atoms with Crippen molar-refractivity contribution in [2.24, 2.45) is 28.6 Å². The van der Waals surface area contributed by atoms with Crippen molar-refractivity contribution in [2.75, 3.05) is 13.2 Å². The number of aliphatic hydroxyl groups excluding tert-OH is 6. The molecule has 0 amide bonds. The van der Waals surface area contributed by atoms with Crippen LogP contribution in [0.4, 0.5) is 0 Å². The van der Waals surface area contributed by atoms with Crippen LogP contribution in [-0.2, 0) is 19.0 Å². The second kappa shape index (κ2) is 9.91. The number of ether oxygens (including phenoxy) is 3. The summed E-state index contributed by atoms with van der Waals surface area (Å²) in [6.45, 7) is 3.00. The highest BCUT2D eigenvalue weighted by atomic mass is 16.7. The number of cyclic esters (lactones) is 1. The van der Waals surface area contributed by atoms with Gasteiger partial charge in [0.15, 0.2) is 6.29 Å². The van der Waals surface area contributed by atoms with Crippen molar-refractivity contribution in [3.05, 3.63) is 11.6 Å². The molecule has 0 radical (unpaired) electrons. The van der Waals surface area contributed by atoms with Gasteiger partial charge >= 0.3 is 5.97 Å². The molecular formula is C29H44O12. The zero-order chi connectivity index (χ0) is 29.7. The molecule has 2 aliphatic heterocycles. The standard InChI is InChI=1S/C29H44O12/c1-13-22(34)23(35)24(36)25(40-13)41-15-8-19(32)28(12-30)21-17(3-5-27(28,37)9-15)29(38)6-4-16(14-7-20(33)39-11-14)26(29,2)10-18(21)31/h7,13,15-19,21-25,30-32,34-38H,3-6,8-12H2,1-2H3/t13-,15-,16+,17-,18+,19+,21-,22+,23+,24+,25-,26+,27-,28+,29-/m0/s1. The van der Waals surface area contributed by atoms with Gasteiger partial charge in [0.1, 0.15) is 24.9 Å². The topological polar surface area (TPSA) is 207 Å². The predicted molar refractivity (Wildman–Crippen MR) is 139 cm³/mol. The summed E-state index contributed by atoms with van der Waals surface area (Å²) < 4.78 is 16.7. The third-order valence-electron chi connectivity index (χ3n) is 12.2. The first-order valence-corrected chi connectivity index (χ1v) is 14.9. The number of rotatable bonds is 4. The molecule has 8 N–H and O–H groups in total. The van der Waals surface area contributed by atoms with Crippen molar-refractivity contribution in [3.8, 4) is 0 Å². The van der Waals surface area contributed by atoms with E-state index in [4.69, 9.17) is 14.2 Å². The number of carbonyl (C=O) groups excluding carboxylic acids is 1. The summed E-state index contributed by atoms with van der Waals surface area (Å²) in [5, 5.41) is 89.6. The number of hydrogen-bond acceptors (Lipinski definition) is 12. The van der Waals surface area contributed by atoms with Crippen LogP contribution in [0, 0.1) is 28.6 Å². The first-order chi connectivity index (χ1) is 19.2. The van der Waals surface area contributed by atoms with Crippen LogP contribution in [0.2, 0.25) is 0 Å². The van der Waals surface area contributed by atoms with Crippen molar-refractivity contribution in [2.45, 2.75) is 119 Å². The van der Waals surface area contributed by atoms with E-state index >= 15 is 0 Å². The molecule has 15 atom stereocenters. The number of aliphatic hydroxyl groups is 8. The molecule has 4 aliphatic carbocycles. The molecule has 0 unspecified atom stereocenters. The highest BCUT2D eigenvalue weighted by molar-refractivity contribution is 5.85. The van der Waals surface area contributed by atoms with E-state index in [1.165, 1.54) is 13.0 Å². The maximum Gasteiger partial charge on any atom is 0.331 e. The number of esters is 1. The fourth-order valence-electron chi connectivity index (χ4n) is 10.1. The van der Waals surface area contributed by atoms with E-state index in [2.05, 4.69) is 0 Å². The van der Waals surface area contributed by atoms with Crippen molar-refractivity contribution in [1.82, 2.24) is 0 Å². The lowest BCUT2D eigenvalue weighted by molar-refractivity contribution is -0.342. The van der Waals surface area contributed by atoms with Crippen LogP contribution >= 0.6 is 0 Å². The Kier molecular flexibility index (Phi) is 7.22. The molecule has 2 heterocycles. The molecule has 232 valence electrons. The summed E-state index contributed by atoms with van der Waals surface area (Å²) in [7, 11) is 0. The molecule has 0 aromatic heterocycles. The lowest BCUT2D eigenvalue weighted by atomic mass is 9.40. The largest absolute Gasteiger partial charge is 0.458 e. The number of hydrogen-bond donors (Lipinski definition) is 8. The Bertz CT molecular complexity index is 1080.